The summed E-state index contributed by atoms with van der Waals surface area (Å²) in [6.45, 7) is 0.000509. The van der Waals surface area contributed by atoms with Crippen LogP contribution in [0.25, 0.3) is 0 Å². The molecule has 0 unspecified atom stereocenters. The Kier molecular flexibility index (Phi) is 3.08. The molecule has 1 aromatic heterocycles. The Bertz CT molecular complexity index is 292. The first-order valence-electron chi connectivity index (χ1n) is 3.85. The Morgan fingerprint density at radius 2 is 2.31 bits per heavy atom. The first kappa shape index (κ1) is 9.31. The maximum Gasteiger partial charge on any atom is 0.253 e. The molecule has 0 spiro atoms. The largest absolute Gasteiger partial charge is 0.367 e. The summed E-state index contributed by atoms with van der Waals surface area (Å²) < 4.78 is 0. The van der Waals surface area contributed by atoms with Crippen LogP contribution in [0.1, 0.15) is 10.4 Å². The molecule has 0 radical (unpaired) electrons. The number of amides is 2. The molecular formula is C8H11N3O2. The van der Waals surface area contributed by atoms with Gasteiger partial charge in [0.25, 0.3) is 5.91 Å². The van der Waals surface area contributed by atoms with Crippen molar-refractivity contribution in [2.75, 3.05) is 13.6 Å². The number of hydrogen-bond acceptors (Lipinski definition) is 2. The summed E-state index contributed by atoms with van der Waals surface area (Å²) in [4.78, 5) is 24.7. The van der Waals surface area contributed by atoms with Crippen LogP contribution in [0.4, 0.5) is 0 Å². The molecule has 1 aromatic rings. The fourth-order valence-corrected chi connectivity index (χ4v) is 0.816. The zero-order chi connectivity index (χ0) is 9.68. The van der Waals surface area contributed by atoms with Gasteiger partial charge in [0.15, 0.2) is 0 Å². The summed E-state index contributed by atoms with van der Waals surface area (Å²) >= 11 is 0. The van der Waals surface area contributed by atoms with E-state index in [1.54, 1.807) is 18.5 Å². The fraction of sp³-hybridized carbons (Fsp3) is 0.250. The van der Waals surface area contributed by atoms with Gasteiger partial charge in [0, 0.05) is 19.4 Å². The second kappa shape index (κ2) is 4.30. The van der Waals surface area contributed by atoms with Crippen molar-refractivity contribution >= 4 is 11.8 Å². The van der Waals surface area contributed by atoms with Crippen molar-refractivity contribution in [3.8, 4) is 0 Å². The third kappa shape index (κ3) is 2.62. The Hall–Kier alpha value is -1.78. The van der Waals surface area contributed by atoms with Crippen molar-refractivity contribution in [3.05, 3.63) is 24.0 Å². The minimum atomic E-state index is -0.259. The monoisotopic (exact) mass is 181 g/mol. The van der Waals surface area contributed by atoms with Gasteiger partial charge in [0.1, 0.15) is 0 Å². The van der Waals surface area contributed by atoms with E-state index in [1.807, 2.05) is 0 Å². The summed E-state index contributed by atoms with van der Waals surface area (Å²) in [6.07, 6.45) is 3.22. The number of H-pyrrole nitrogens is 1. The number of rotatable bonds is 3. The number of aromatic nitrogens is 1. The highest BCUT2D eigenvalue weighted by Gasteiger charge is 2.06. The topological polar surface area (TPSA) is 74.0 Å². The number of carbonyl (C=O) groups is 2. The second-order valence-corrected chi connectivity index (χ2v) is 2.46. The fourth-order valence-electron chi connectivity index (χ4n) is 0.816. The Morgan fingerprint density at radius 1 is 1.54 bits per heavy atom. The number of nitrogens with one attached hydrogen (secondary N) is 3. The van der Waals surface area contributed by atoms with Gasteiger partial charge in [-0.05, 0) is 6.07 Å². The molecule has 5 heteroatoms. The van der Waals surface area contributed by atoms with E-state index in [-0.39, 0.29) is 18.4 Å². The standard InChI is InChI=1S/C8H11N3O2/c1-9-7(12)5-11-8(13)6-2-3-10-4-6/h2-4,10H,5H2,1H3,(H,9,12)(H,11,13). The molecule has 1 heterocycles. The first-order chi connectivity index (χ1) is 6.24. The predicted molar refractivity (Wildman–Crippen MR) is 47.2 cm³/mol. The lowest BCUT2D eigenvalue weighted by Crippen LogP contribution is -2.34. The Morgan fingerprint density at radius 3 is 2.85 bits per heavy atom. The van der Waals surface area contributed by atoms with E-state index in [2.05, 4.69) is 15.6 Å². The molecule has 0 bridgehead atoms. The lowest BCUT2D eigenvalue weighted by molar-refractivity contribution is -0.119. The van der Waals surface area contributed by atoms with Crippen LogP contribution in [-0.2, 0) is 4.79 Å². The molecule has 5 nitrogen and oxygen atoms in total. The number of aromatic amines is 1. The summed E-state index contributed by atoms with van der Waals surface area (Å²) in [5, 5.41) is 4.87. The van der Waals surface area contributed by atoms with E-state index in [4.69, 9.17) is 0 Å². The van der Waals surface area contributed by atoms with Crippen LogP contribution >= 0.6 is 0 Å². The van der Waals surface area contributed by atoms with E-state index in [0.717, 1.165) is 0 Å². The maximum atomic E-state index is 11.2. The van der Waals surface area contributed by atoms with Crippen LogP contribution in [0, 0.1) is 0 Å². The van der Waals surface area contributed by atoms with Gasteiger partial charge in [0.2, 0.25) is 5.91 Å². The molecule has 3 N–H and O–H groups in total. The summed E-state index contributed by atoms with van der Waals surface area (Å²) in [6, 6.07) is 1.64. The normalized spacial score (nSPS) is 9.31. The maximum absolute atomic E-state index is 11.2. The van der Waals surface area contributed by atoms with Crippen LogP contribution in [-0.4, -0.2) is 30.4 Å². The highest BCUT2D eigenvalue weighted by atomic mass is 16.2. The summed E-state index contributed by atoms with van der Waals surface area (Å²) in [5.41, 5.74) is 0.518. The van der Waals surface area contributed by atoms with Crippen molar-refractivity contribution in [2.24, 2.45) is 0 Å². The molecule has 0 aliphatic rings. The van der Waals surface area contributed by atoms with Crippen LogP contribution in [0.5, 0.6) is 0 Å². The molecule has 0 aliphatic heterocycles. The van der Waals surface area contributed by atoms with E-state index in [9.17, 15) is 9.59 Å². The average Bonchev–Trinajstić information content (AvgIpc) is 2.66. The van der Waals surface area contributed by atoms with Crippen molar-refractivity contribution in [3.63, 3.8) is 0 Å². The van der Waals surface area contributed by atoms with E-state index >= 15 is 0 Å². The highest BCUT2D eigenvalue weighted by Crippen LogP contribution is 1.94. The molecule has 13 heavy (non-hydrogen) atoms. The van der Waals surface area contributed by atoms with Gasteiger partial charge in [-0.2, -0.15) is 0 Å². The smallest absolute Gasteiger partial charge is 0.253 e. The van der Waals surface area contributed by atoms with Gasteiger partial charge < -0.3 is 15.6 Å². The molecule has 0 aromatic carbocycles. The molecule has 0 saturated heterocycles. The van der Waals surface area contributed by atoms with Gasteiger partial charge in [-0.15, -0.1) is 0 Å². The lowest BCUT2D eigenvalue weighted by Gasteiger charge is -2.01. The van der Waals surface area contributed by atoms with Crippen molar-refractivity contribution in [2.45, 2.75) is 0 Å². The lowest BCUT2D eigenvalue weighted by atomic mass is 10.3. The van der Waals surface area contributed by atoms with Crippen LogP contribution in [0.15, 0.2) is 18.5 Å². The van der Waals surface area contributed by atoms with E-state index < -0.39 is 0 Å². The second-order valence-electron chi connectivity index (χ2n) is 2.46. The molecule has 0 atom stereocenters. The van der Waals surface area contributed by atoms with E-state index in [0.29, 0.717) is 5.56 Å². The van der Waals surface area contributed by atoms with Gasteiger partial charge in [-0.25, -0.2) is 0 Å². The minimum Gasteiger partial charge on any atom is -0.367 e. The minimum absolute atomic E-state index is 0.000509. The molecule has 1 rings (SSSR count). The molecule has 0 saturated carbocycles. The van der Waals surface area contributed by atoms with E-state index in [1.165, 1.54) is 7.05 Å². The number of likely N-dealkylation sites (N-methyl/N-ethyl adjacent to an activating group) is 1. The summed E-state index contributed by atoms with van der Waals surface area (Å²) in [7, 11) is 1.52. The quantitative estimate of drug-likeness (QED) is 0.587. The Balaban J connectivity index is 2.39. The van der Waals surface area contributed by atoms with Crippen LogP contribution < -0.4 is 10.6 Å². The number of hydrogen-bond donors (Lipinski definition) is 3. The molecule has 0 aliphatic carbocycles. The van der Waals surface area contributed by atoms with Crippen molar-refractivity contribution in [1.82, 2.24) is 15.6 Å². The third-order valence-electron chi connectivity index (χ3n) is 1.55. The highest BCUT2D eigenvalue weighted by molar-refractivity contribution is 5.96. The molecule has 0 fully saturated rings. The van der Waals surface area contributed by atoms with Gasteiger partial charge in [0.05, 0.1) is 12.1 Å². The SMILES string of the molecule is CNC(=O)CNC(=O)c1cc[nH]c1. The van der Waals surface area contributed by atoms with Crippen molar-refractivity contribution < 1.29 is 9.59 Å². The van der Waals surface area contributed by atoms with Crippen molar-refractivity contribution in [1.29, 1.82) is 0 Å². The molecule has 2 amide bonds. The first-order valence-corrected chi connectivity index (χ1v) is 3.85. The third-order valence-corrected chi connectivity index (χ3v) is 1.55. The average molecular weight is 181 g/mol. The Labute approximate surface area is 75.5 Å². The summed E-state index contributed by atoms with van der Waals surface area (Å²) in [5.74, 6) is -0.478. The predicted octanol–water partition coefficient (Wildman–Crippen LogP) is -0.509. The van der Waals surface area contributed by atoms with Gasteiger partial charge in [-0.3, -0.25) is 9.59 Å². The van der Waals surface area contributed by atoms with Gasteiger partial charge >= 0.3 is 0 Å². The molecular weight excluding hydrogens is 170 g/mol. The van der Waals surface area contributed by atoms with Crippen LogP contribution in [0.3, 0.4) is 0 Å². The zero-order valence-electron chi connectivity index (χ0n) is 7.26. The number of carbonyl (C=O) groups excluding carboxylic acids is 2. The van der Waals surface area contributed by atoms with Crippen LogP contribution in [0.2, 0.25) is 0 Å². The zero-order valence-corrected chi connectivity index (χ0v) is 7.26. The molecule has 70 valence electrons. The van der Waals surface area contributed by atoms with Gasteiger partial charge in [-0.1, -0.05) is 0 Å².